The van der Waals surface area contributed by atoms with Crippen LogP contribution in [0.25, 0.3) is 0 Å². The van der Waals surface area contributed by atoms with E-state index in [2.05, 4.69) is 27.3 Å². The van der Waals surface area contributed by atoms with Crippen LogP contribution in [-0.2, 0) is 0 Å². The van der Waals surface area contributed by atoms with Crippen molar-refractivity contribution in [3.63, 3.8) is 0 Å². The van der Waals surface area contributed by atoms with Crippen LogP contribution in [-0.4, -0.2) is 6.10 Å². The fourth-order valence-electron chi connectivity index (χ4n) is 1.73. The van der Waals surface area contributed by atoms with Gasteiger partial charge < -0.3 is 10.1 Å². The summed E-state index contributed by atoms with van der Waals surface area (Å²) in [5, 5.41) is 12.1. The summed E-state index contributed by atoms with van der Waals surface area (Å²) in [7, 11) is 0. The molecule has 0 bridgehead atoms. The normalized spacial score (nSPS) is 10.2. The number of anilines is 2. The largest absolute Gasteiger partial charge is 0.491 e. The molecule has 0 heterocycles. The molecule has 0 amide bonds. The molecule has 0 aliphatic heterocycles. The van der Waals surface area contributed by atoms with E-state index < -0.39 is 0 Å². The molecule has 0 unspecified atom stereocenters. The first kappa shape index (κ1) is 14.4. The van der Waals surface area contributed by atoms with Gasteiger partial charge in [-0.05, 0) is 72.2 Å². The number of rotatable bonds is 4. The molecule has 1 N–H and O–H groups in total. The number of nitriles is 1. The highest BCUT2D eigenvalue weighted by atomic mass is 79.9. The van der Waals surface area contributed by atoms with E-state index in [0.29, 0.717) is 5.56 Å². The molecule has 2 aromatic rings. The van der Waals surface area contributed by atoms with E-state index in [1.54, 1.807) is 12.1 Å². The maximum Gasteiger partial charge on any atom is 0.119 e. The Bertz CT molecular complexity index is 630. The van der Waals surface area contributed by atoms with E-state index in [9.17, 15) is 0 Å². The summed E-state index contributed by atoms with van der Waals surface area (Å²) < 4.78 is 6.46. The molecule has 0 fully saturated rings. The van der Waals surface area contributed by atoms with Crippen molar-refractivity contribution in [1.82, 2.24) is 0 Å². The van der Waals surface area contributed by atoms with Gasteiger partial charge in [-0.1, -0.05) is 0 Å². The van der Waals surface area contributed by atoms with Crippen LogP contribution >= 0.6 is 15.9 Å². The van der Waals surface area contributed by atoms with Gasteiger partial charge in [-0.2, -0.15) is 5.26 Å². The minimum absolute atomic E-state index is 0.168. The Balaban J connectivity index is 2.12. The van der Waals surface area contributed by atoms with Crippen molar-refractivity contribution >= 4 is 27.3 Å². The Morgan fingerprint density at radius 3 is 2.40 bits per heavy atom. The standard InChI is InChI=1S/C16H15BrN2O/c1-11(2)20-14-6-4-13(5-7-14)19-16-8-3-12(10-18)9-15(16)17/h3-9,11,19H,1-2H3. The fraction of sp³-hybridized carbons (Fsp3) is 0.188. The number of ether oxygens (including phenoxy) is 1. The monoisotopic (exact) mass is 330 g/mol. The van der Waals surface area contributed by atoms with Crippen LogP contribution in [0.5, 0.6) is 5.75 Å². The zero-order valence-corrected chi connectivity index (χ0v) is 12.9. The molecule has 0 atom stereocenters. The molecule has 0 aliphatic rings. The van der Waals surface area contributed by atoms with Gasteiger partial charge in [-0.15, -0.1) is 0 Å². The van der Waals surface area contributed by atoms with E-state index in [1.165, 1.54) is 0 Å². The number of hydrogen-bond donors (Lipinski definition) is 1. The number of hydrogen-bond acceptors (Lipinski definition) is 3. The van der Waals surface area contributed by atoms with Crippen molar-refractivity contribution in [2.24, 2.45) is 0 Å². The summed E-state index contributed by atoms with van der Waals surface area (Å²) in [5.41, 5.74) is 2.51. The molecular weight excluding hydrogens is 316 g/mol. The highest BCUT2D eigenvalue weighted by molar-refractivity contribution is 9.10. The molecule has 2 aromatic carbocycles. The maximum atomic E-state index is 8.84. The molecule has 0 saturated heterocycles. The van der Waals surface area contributed by atoms with E-state index in [0.717, 1.165) is 21.6 Å². The third-order valence-electron chi connectivity index (χ3n) is 2.60. The zero-order valence-electron chi connectivity index (χ0n) is 11.4. The second kappa shape index (κ2) is 6.44. The minimum Gasteiger partial charge on any atom is -0.491 e. The Kier molecular flexibility index (Phi) is 4.65. The third kappa shape index (κ3) is 3.75. The van der Waals surface area contributed by atoms with E-state index in [1.807, 2.05) is 44.2 Å². The van der Waals surface area contributed by atoms with Gasteiger partial charge in [0, 0.05) is 10.2 Å². The van der Waals surface area contributed by atoms with Crippen molar-refractivity contribution in [3.05, 3.63) is 52.5 Å². The molecule has 0 spiro atoms. The van der Waals surface area contributed by atoms with Crippen molar-refractivity contribution in [1.29, 1.82) is 5.26 Å². The number of halogens is 1. The van der Waals surface area contributed by atoms with Crippen LogP contribution in [0, 0.1) is 11.3 Å². The zero-order chi connectivity index (χ0) is 14.5. The summed E-state index contributed by atoms with van der Waals surface area (Å²) in [5.74, 6) is 0.851. The van der Waals surface area contributed by atoms with Crippen LogP contribution in [0.2, 0.25) is 0 Å². The number of nitrogens with zero attached hydrogens (tertiary/aromatic N) is 1. The van der Waals surface area contributed by atoms with Crippen LogP contribution in [0.15, 0.2) is 46.9 Å². The summed E-state index contributed by atoms with van der Waals surface area (Å²) >= 11 is 3.45. The van der Waals surface area contributed by atoms with Crippen LogP contribution in [0.1, 0.15) is 19.4 Å². The lowest BCUT2D eigenvalue weighted by Gasteiger charge is -2.12. The Morgan fingerprint density at radius 1 is 1.15 bits per heavy atom. The number of nitrogens with one attached hydrogen (secondary N) is 1. The number of benzene rings is 2. The van der Waals surface area contributed by atoms with Gasteiger partial charge in [0.1, 0.15) is 5.75 Å². The highest BCUT2D eigenvalue weighted by Crippen LogP contribution is 2.27. The Morgan fingerprint density at radius 2 is 1.85 bits per heavy atom. The molecule has 20 heavy (non-hydrogen) atoms. The highest BCUT2D eigenvalue weighted by Gasteiger charge is 2.03. The third-order valence-corrected chi connectivity index (χ3v) is 3.26. The molecule has 0 aliphatic carbocycles. The van der Waals surface area contributed by atoms with Gasteiger partial charge >= 0.3 is 0 Å². The average molecular weight is 331 g/mol. The summed E-state index contributed by atoms with van der Waals surface area (Å²) in [6.07, 6.45) is 0.168. The molecular formula is C16H15BrN2O. The summed E-state index contributed by atoms with van der Waals surface area (Å²) in [6.45, 7) is 4.00. The predicted molar refractivity (Wildman–Crippen MR) is 84.3 cm³/mol. The molecule has 2 rings (SSSR count). The van der Waals surface area contributed by atoms with Gasteiger partial charge in [-0.25, -0.2) is 0 Å². The lowest BCUT2D eigenvalue weighted by molar-refractivity contribution is 0.242. The van der Waals surface area contributed by atoms with Crippen molar-refractivity contribution in [2.45, 2.75) is 20.0 Å². The Labute approximate surface area is 127 Å². The van der Waals surface area contributed by atoms with Gasteiger partial charge in [0.2, 0.25) is 0 Å². The molecule has 0 aromatic heterocycles. The second-order valence-electron chi connectivity index (χ2n) is 4.62. The summed E-state index contributed by atoms with van der Waals surface area (Å²) in [4.78, 5) is 0. The first-order valence-corrected chi connectivity index (χ1v) is 7.11. The quantitative estimate of drug-likeness (QED) is 0.871. The minimum atomic E-state index is 0.168. The molecule has 0 saturated carbocycles. The van der Waals surface area contributed by atoms with Gasteiger partial charge in [0.15, 0.2) is 0 Å². The van der Waals surface area contributed by atoms with Crippen LogP contribution < -0.4 is 10.1 Å². The van der Waals surface area contributed by atoms with Gasteiger partial charge in [0.05, 0.1) is 23.4 Å². The first-order chi connectivity index (χ1) is 9.58. The molecule has 3 nitrogen and oxygen atoms in total. The van der Waals surface area contributed by atoms with Crippen molar-refractivity contribution in [3.8, 4) is 11.8 Å². The fourth-order valence-corrected chi connectivity index (χ4v) is 2.21. The lowest BCUT2D eigenvalue weighted by Crippen LogP contribution is -2.05. The molecule has 102 valence electrons. The van der Waals surface area contributed by atoms with E-state index >= 15 is 0 Å². The predicted octanol–water partition coefficient (Wildman–Crippen LogP) is 4.85. The van der Waals surface area contributed by atoms with Crippen LogP contribution in [0.4, 0.5) is 11.4 Å². The topological polar surface area (TPSA) is 45.0 Å². The SMILES string of the molecule is CC(C)Oc1ccc(Nc2ccc(C#N)cc2Br)cc1. The summed E-state index contributed by atoms with van der Waals surface area (Å²) in [6, 6.07) is 15.3. The van der Waals surface area contributed by atoms with Gasteiger partial charge in [-0.3, -0.25) is 0 Å². The lowest BCUT2D eigenvalue weighted by atomic mass is 10.2. The maximum absolute atomic E-state index is 8.84. The Hall–Kier alpha value is -1.99. The van der Waals surface area contributed by atoms with E-state index in [4.69, 9.17) is 10.00 Å². The van der Waals surface area contributed by atoms with Crippen molar-refractivity contribution in [2.75, 3.05) is 5.32 Å². The second-order valence-corrected chi connectivity index (χ2v) is 5.48. The van der Waals surface area contributed by atoms with E-state index in [-0.39, 0.29) is 6.10 Å². The van der Waals surface area contributed by atoms with Crippen LogP contribution in [0.3, 0.4) is 0 Å². The molecule has 4 heteroatoms. The smallest absolute Gasteiger partial charge is 0.119 e. The molecule has 0 radical (unpaired) electrons. The first-order valence-electron chi connectivity index (χ1n) is 6.32. The van der Waals surface area contributed by atoms with Crippen molar-refractivity contribution < 1.29 is 4.74 Å². The average Bonchev–Trinajstić information content (AvgIpc) is 2.42. The van der Waals surface area contributed by atoms with Gasteiger partial charge in [0.25, 0.3) is 0 Å².